The second-order valence-electron chi connectivity index (χ2n) is 3.31. The summed E-state index contributed by atoms with van der Waals surface area (Å²) in [6.45, 7) is 2.49. The maximum absolute atomic E-state index is 9.60. The molecule has 1 rings (SSSR count). The Hall–Kier alpha value is -0.930. The van der Waals surface area contributed by atoms with Crippen LogP contribution < -0.4 is 5.73 Å². The lowest BCUT2D eigenvalue weighted by Crippen LogP contribution is -2.04. The fourth-order valence-electron chi connectivity index (χ4n) is 1.37. The van der Waals surface area contributed by atoms with Crippen molar-refractivity contribution in [3.8, 4) is 11.5 Å². The summed E-state index contributed by atoms with van der Waals surface area (Å²) in [5, 5.41) is 19.1. The number of phenolic OH excluding ortho intramolecular Hbond substituents is 2. The van der Waals surface area contributed by atoms with Crippen LogP contribution in [-0.4, -0.2) is 16.8 Å². The molecule has 1 unspecified atom stereocenters. The van der Waals surface area contributed by atoms with Gasteiger partial charge in [0, 0.05) is 5.56 Å². The van der Waals surface area contributed by atoms with Gasteiger partial charge in [-0.05, 0) is 24.9 Å². The van der Waals surface area contributed by atoms with E-state index in [1.165, 1.54) is 0 Å². The molecule has 0 amide bonds. The second-order valence-corrected chi connectivity index (χ2v) is 3.72. The first-order valence-corrected chi connectivity index (χ1v) is 4.86. The number of phenols is 2. The molecular formula is C10H14ClNO2. The summed E-state index contributed by atoms with van der Waals surface area (Å²) in [6, 6.07) is 3.27. The largest absolute Gasteiger partial charge is 0.504 e. The van der Waals surface area contributed by atoms with Crippen LogP contribution in [0.3, 0.4) is 0 Å². The number of hydrogen-bond acceptors (Lipinski definition) is 3. The maximum atomic E-state index is 9.60. The summed E-state index contributed by atoms with van der Waals surface area (Å²) in [4.78, 5) is 0. The fourth-order valence-corrected chi connectivity index (χ4v) is 1.53. The summed E-state index contributed by atoms with van der Waals surface area (Å²) in [6.07, 6.45) is 0.759. The molecule has 0 heterocycles. The Morgan fingerprint density at radius 2 is 2.00 bits per heavy atom. The number of halogens is 1. The highest BCUT2D eigenvalue weighted by Crippen LogP contribution is 2.39. The molecule has 1 aromatic rings. The summed E-state index contributed by atoms with van der Waals surface area (Å²) in [5.41, 5.74) is 6.09. The van der Waals surface area contributed by atoms with Gasteiger partial charge in [0.25, 0.3) is 0 Å². The van der Waals surface area contributed by atoms with E-state index in [-0.39, 0.29) is 22.4 Å². The van der Waals surface area contributed by atoms with Gasteiger partial charge in [-0.1, -0.05) is 24.6 Å². The number of rotatable bonds is 3. The van der Waals surface area contributed by atoms with Crippen LogP contribution in [0.4, 0.5) is 0 Å². The van der Waals surface area contributed by atoms with Crippen molar-refractivity contribution < 1.29 is 10.2 Å². The fraction of sp³-hybridized carbons (Fsp3) is 0.400. The molecule has 0 fully saturated rings. The van der Waals surface area contributed by atoms with Gasteiger partial charge in [0.1, 0.15) is 0 Å². The molecule has 4 N–H and O–H groups in total. The topological polar surface area (TPSA) is 66.5 Å². The number of nitrogens with two attached hydrogens (primary N) is 1. The van der Waals surface area contributed by atoms with Gasteiger partial charge in [-0.15, -0.1) is 0 Å². The van der Waals surface area contributed by atoms with Crippen LogP contribution in [0.25, 0.3) is 0 Å². The van der Waals surface area contributed by atoms with Gasteiger partial charge in [-0.25, -0.2) is 0 Å². The Morgan fingerprint density at radius 1 is 1.36 bits per heavy atom. The predicted octanol–water partition coefficient (Wildman–Crippen LogP) is 2.20. The van der Waals surface area contributed by atoms with Crippen molar-refractivity contribution in [1.29, 1.82) is 0 Å². The highest BCUT2D eigenvalue weighted by Gasteiger charge is 2.14. The summed E-state index contributed by atoms with van der Waals surface area (Å²) >= 11 is 5.63. The van der Waals surface area contributed by atoms with Crippen molar-refractivity contribution in [3.63, 3.8) is 0 Å². The molecule has 1 aromatic carbocycles. The first-order valence-electron chi connectivity index (χ1n) is 4.48. The quantitative estimate of drug-likeness (QED) is 0.678. The van der Waals surface area contributed by atoms with Crippen molar-refractivity contribution in [2.45, 2.75) is 19.3 Å². The Morgan fingerprint density at radius 3 is 2.57 bits per heavy atom. The van der Waals surface area contributed by atoms with Crippen molar-refractivity contribution in [1.82, 2.24) is 0 Å². The Bertz CT molecular complexity index is 328. The van der Waals surface area contributed by atoms with E-state index in [2.05, 4.69) is 0 Å². The predicted molar refractivity (Wildman–Crippen MR) is 56.9 cm³/mol. The highest BCUT2D eigenvalue weighted by atomic mass is 35.5. The molecule has 0 saturated carbocycles. The zero-order valence-electron chi connectivity index (χ0n) is 8.00. The monoisotopic (exact) mass is 215 g/mol. The molecule has 0 aliphatic carbocycles. The van der Waals surface area contributed by atoms with Crippen molar-refractivity contribution >= 4 is 11.6 Å². The van der Waals surface area contributed by atoms with Gasteiger partial charge in [0.2, 0.25) is 0 Å². The molecule has 14 heavy (non-hydrogen) atoms. The standard InChI is InChI=1S/C10H14ClNO2/c1-6(4-5-12)7-2-3-8(11)10(14)9(7)13/h2-3,6,13-14H,4-5,12H2,1H3. The van der Waals surface area contributed by atoms with Crippen LogP contribution in [0.5, 0.6) is 11.5 Å². The minimum atomic E-state index is -0.256. The SMILES string of the molecule is CC(CCN)c1ccc(Cl)c(O)c1O. The molecule has 1 atom stereocenters. The highest BCUT2D eigenvalue weighted by molar-refractivity contribution is 6.32. The zero-order chi connectivity index (χ0) is 10.7. The van der Waals surface area contributed by atoms with Gasteiger partial charge >= 0.3 is 0 Å². The van der Waals surface area contributed by atoms with E-state index < -0.39 is 0 Å². The Balaban J connectivity index is 3.04. The average molecular weight is 216 g/mol. The van der Waals surface area contributed by atoms with Gasteiger partial charge < -0.3 is 15.9 Å². The Kier molecular flexibility index (Phi) is 3.61. The molecule has 3 nitrogen and oxygen atoms in total. The zero-order valence-corrected chi connectivity index (χ0v) is 8.75. The minimum absolute atomic E-state index is 0.114. The molecule has 0 saturated heterocycles. The lowest BCUT2D eigenvalue weighted by atomic mass is 9.96. The van der Waals surface area contributed by atoms with E-state index in [1.54, 1.807) is 12.1 Å². The molecular weight excluding hydrogens is 202 g/mol. The lowest BCUT2D eigenvalue weighted by Gasteiger charge is -2.13. The smallest absolute Gasteiger partial charge is 0.176 e. The third-order valence-electron chi connectivity index (χ3n) is 2.26. The van der Waals surface area contributed by atoms with E-state index in [9.17, 15) is 10.2 Å². The van der Waals surface area contributed by atoms with Crippen LogP contribution in [0, 0.1) is 0 Å². The van der Waals surface area contributed by atoms with E-state index in [0.717, 1.165) is 6.42 Å². The normalized spacial score (nSPS) is 12.8. The van der Waals surface area contributed by atoms with Crippen LogP contribution in [0.15, 0.2) is 12.1 Å². The van der Waals surface area contributed by atoms with Crippen molar-refractivity contribution in [2.24, 2.45) is 5.73 Å². The lowest BCUT2D eigenvalue weighted by molar-refractivity contribution is 0.396. The van der Waals surface area contributed by atoms with Crippen molar-refractivity contribution in [2.75, 3.05) is 6.54 Å². The Labute approximate surface area is 88.1 Å². The van der Waals surface area contributed by atoms with Gasteiger partial charge in [-0.2, -0.15) is 0 Å². The van der Waals surface area contributed by atoms with E-state index >= 15 is 0 Å². The maximum Gasteiger partial charge on any atom is 0.176 e. The van der Waals surface area contributed by atoms with E-state index in [0.29, 0.717) is 12.1 Å². The van der Waals surface area contributed by atoms with Crippen molar-refractivity contribution in [3.05, 3.63) is 22.7 Å². The number of benzene rings is 1. The summed E-state index contributed by atoms with van der Waals surface area (Å²) in [7, 11) is 0. The molecule has 0 aliphatic rings. The number of hydrogen-bond donors (Lipinski definition) is 3. The third kappa shape index (κ3) is 2.11. The van der Waals surface area contributed by atoms with Crippen LogP contribution in [0.1, 0.15) is 24.8 Å². The minimum Gasteiger partial charge on any atom is -0.504 e. The van der Waals surface area contributed by atoms with Crippen LogP contribution in [0.2, 0.25) is 5.02 Å². The molecule has 0 bridgehead atoms. The molecule has 4 heteroatoms. The molecule has 0 aromatic heterocycles. The first kappa shape index (κ1) is 11.1. The molecule has 0 radical (unpaired) electrons. The summed E-state index contributed by atoms with van der Waals surface area (Å²) in [5.74, 6) is -0.283. The van der Waals surface area contributed by atoms with Gasteiger partial charge in [0.15, 0.2) is 11.5 Å². The first-order chi connectivity index (χ1) is 6.57. The molecule has 78 valence electrons. The van der Waals surface area contributed by atoms with Gasteiger partial charge in [-0.3, -0.25) is 0 Å². The van der Waals surface area contributed by atoms with Crippen LogP contribution >= 0.6 is 11.6 Å². The average Bonchev–Trinajstić information content (AvgIpc) is 2.15. The summed E-state index contributed by atoms with van der Waals surface area (Å²) < 4.78 is 0. The number of aromatic hydroxyl groups is 2. The second kappa shape index (κ2) is 4.53. The third-order valence-corrected chi connectivity index (χ3v) is 2.57. The van der Waals surface area contributed by atoms with E-state index in [1.807, 2.05) is 6.92 Å². The van der Waals surface area contributed by atoms with E-state index in [4.69, 9.17) is 17.3 Å². The molecule has 0 aliphatic heterocycles. The van der Waals surface area contributed by atoms with Gasteiger partial charge in [0.05, 0.1) is 5.02 Å². The van der Waals surface area contributed by atoms with Crippen LogP contribution in [-0.2, 0) is 0 Å². The molecule has 0 spiro atoms.